The monoisotopic (exact) mass is 234 g/mol. The molecule has 0 saturated heterocycles. The molecule has 0 amide bonds. The number of aliphatic hydroxyl groups excluding tert-OH is 1. The third kappa shape index (κ3) is 2.21. The van der Waals surface area contributed by atoms with Crippen LogP contribution in [0.3, 0.4) is 0 Å². The molecule has 82 valence electrons. The van der Waals surface area contributed by atoms with Crippen molar-refractivity contribution < 1.29 is 5.11 Å². The summed E-state index contributed by atoms with van der Waals surface area (Å²) in [4.78, 5) is 8.15. The zero-order chi connectivity index (χ0) is 11.5. The van der Waals surface area contributed by atoms with Crippen LogP contribution in [0.15, 0.2) is 36.5 Å². The Morgan fingerprint density at radius 2 is 2.00 bits per heavy atom. The molecule has 0 radical (unpaired) electrons. The van der Waals surface area contributed by atoms with E-state index in [4.69, 9.17) is 11.6 Å². The number of hydrogen-bond acceptors (Lipinski definition) is 3. The van der Waals surface area contributed by atoms with Gasteiger partial charge >= 0.3 is 0 Å². The van der Waals surface area contributed by atoms with Gasteiger partial charge in [0.1, 0.15) is 11.9 Å². The fourth-order valence-electron chi connectivity index (χ4n) is 1.48. The van der Waals surface area contributed by atoms with Crippen molar-refractivity contribution in [3.05, 3.63) is 58.6 Å². The van der Waals surface area contributed by atoms with Gasteiger partial charge in [-0.25, -0.2) is 9.97 Å². The molecule has 1 aromatic heterocycles. The average Bonchev–Trinajstić information content (AvgIpc) is 2.29. The van der Waals surface area contributed by atoms with E-state index in [1.54, 1.807) is 31.3 Å². The Bertz CT molecular complexity index is 502. The third-order valence-electron chi connectivity index (χ3n) is 2.28. The van der Waals surface area contributed by atoms with Crippen molar-refractivity contribution in [2.45, 2.75) is 13.0 Å². The maximum absolute atomic E-state index is 10.1. The lowest BCUT2D eigenvalue weighted by atomic mass is 10.1. The number of nitrogens with zero attached hydrogens (tertiary/aromatic N) is 2. The standard InChI is InChI=1S/C12H11ClN2O/c1-8-14-7-6-11(15-8)12(16)9-4-2-3-5-10(9)13/h2-7,12,16H,1H3. The summed E-state index contributed by atoms with van der Waals surface area (Å²) >= 11 is 6.01. The van der Waals surface area contributed by atoms with Crippen LogP contribution in [0.5, 0.6) is 0 Å². The van der Waals surface area contributed by atoms with Crippen LogP contribution in [-0.4, -0.2) is 15.1 Å². The first-order valence-electron chi connectivity index (χ1n) is 4.90. The molecule has 1 atom stereocenters. The van der Waals surface area contributed by atoms with Gasteiger partial charge in [-0.15, -0.1) is 0 Å². The van der Waals surface area contributed by atoms with Crippen LogP contribution in [-0.2, 0) is 0 Å². The Morgan fingerprint density at radius 3 is 2.69 bits per heavy atom. The van der Waals surface area contributed by atoms with Gasteiger partial charge in [0.15, 0.2) is 0 Å². The molecule has 0 saturated carbocycles. The lowest BCUT2D eigenvalue weighted by molar-refractivity contribution is 0.215. The molecule has 1 N–H and O–H groups in total. The number of halogens is 1. The molecule has 1 heterocycles. The second kappa shape index (κ2) is 4.60. The fourth-order valence-corrected chi connectivity index (χ4v) is 1.72. The van der Waals surface area contributed by atoms with Crippen molar-refractivity contribution in [2.75, 3.05) is 0 Å². The molecule has 16 heavy (non-hydrogen) atoms. The molecular formula is C12H11ClN2O. The summed E-state index contributed by atoms with van der Waals surface area (Å²) in [6.07, 6.45) is 0.813. The van der Waals surface area contributed by atoms with Gasteiger partial charge in [-0.05, 0) is 19.1 Å². The van der Waals surface area contributed by atoms with Crippen LogP contribution in [0.4, 0.5) is 0 Å². The van der Waals surface area contributed by atoms with Gasteiger partial charge in [0, 0.05) is 16.8 Å². The molecule has 0 fully saturated rings. The number of aromatic nitrogens is 2. The van der Waals surface area contributed by atoms with Crippen LogP contribution in [0, 0.1) is 6.92 Å². The molecular weight excluding hydrogens is 224 g/mol. The van der Waals surface area contributed by atoms with E-state index in [-0.39, 0.29) is 0 Å². The minimum absolute atomic E-state index is 0.534. The van der Waals surface area contributed by atoms with Crippen LogP contribution in [0.1, 0.15) is 23.2 Å². The van der Waals surface area contributed by atoms with Crippen molar-refractivity contribution in [1.29, 1.82) is 0 Å². The summed E-state index contributed by atoms with van der Waals surface area (Å²) in [6.45, 7) is 1.78. The van der Waals surface area contributed by atoms with E-state index in [1.165, 1.54) is 0 Å². The molecule has 3 nitrogen and oxygen atoms in total. The van der Waals surface area contributed by atoms with E-state index in [0.29, 0.717) is 22.1 Å². The summed E-state index contributed by atoms with van der Waals surface area (Å²) in [5.74, 6) is 0.628. The molecule has 0 aliphatic heterocycles. The van der Waals surface area contributed by atoms with Gasteiger partial charge in [0.05, 0.1) is 5.69 Å². The van der Waals surface area contributed by atoms with Crippen LogP contribution in [0.2, 0.25) is 5.02 Å². The van der Waals surface area contributed by atoms with Crippen LogP contribution < -0.4 is 0 Å². The van der Waals surface area contributed by atoms with Crippen molar-refractivity contribution >= 4 is 11.6 Å². The number of rotatable bonds is 2. The molecule has 2 aromatic rings. The van der Waals surface area contributed by atoms with Crippen molar-refractivity contribution in [3.8, 4) is 0 Å². The number of hydrogen-bond donors (Lipinski definition) is 1. The average molecular weight is 235 g/mol. The maximum Gasteiger partial charge on any atom is 0.125 e. The van der Waals surface area contributed by atoms with Crippen LogP contribution in [0.25, 0.3) is 0 Å². The highest BCUT2D eigenvalue weighted by molar-refractivity contribution is 6.31. The number of aryl methyl sites for hydroxylation is 1. The van der Waals surface area contributed by atoms with Gasteiger partial charge in [0.25, 0.3) is 0 Å². The second-order valence-electron chi connectivity index (χ2n) is 3.45. The van der Waals surface area contributed by atoms with E-state index >= 15 is 0 Å². The summed E-state index contributed by atoms with van der Waals surface area (Å²) < 4.78 is 0. The normalized spacial score (nSPS) is 12.4. The van der Waals surface area contributed by atoms with Gasteiger partial charge in [-0.3, -0.25) is 0 Å². The Kier molecular flexibility index (Phi) is 3.17. The first-order valence-corrected chi connectivity index (χ1v) is 5.28. The number of benzene rings is 1. The van der Waals surface area contributed by atoms with Gasteiger partial charge < -0.3 is 5.11 Å². The zero-order valence-electron chi connectivity index (χ0n) is 8.76. The quantitative estimate of drug-likeness (QED) is 0.869. The molecule has 0 aliphatic rings. The predicted molar refractivity (Wildman–Crippen MR) is 62.3 cm³/mol. The van der Waals surface area contributed by atoms with E-state index < -0.39 is 6.10 Å². The minimum Gasteiger partial charge on any atom is -0.382 e. The molecule has 4 heteroatoms. The molecule has 1 unspecified atom stereocenters. The zero-order valence-corrected chi connectivity index (χ0v) is 9.52. The van der Waals surface area contributed by atoms with E-state index in [1.807, 2.05) is 12.1 Å². The first-order chi connectivity index (χ1) is 7.68. The Labute approximate surface area is 98.8 Å². The highest BCUT2D eigenvalue weighted by Crippen LogP contribution is 2.26. The van der Waals surface area contributed by atoms with Crippen LogP contribution >= 0.6 is 11.6 Å². The summed E-state index contributed by atoms with van der Waals surface area (Å²) in [5, 5.41) is 10.7. The van der Waals surface area contributed by atoms with Gasteiger partial charge in [0.2, 0.25) is 0 Å². The summed E-state index contributed by atoms with van der Waals surface area (Å²) in [5.41, 5.74) is 1.21. The molecule has 1 aromatic carbocycles. The van der Waals surface area contributed by atoms with E-state index in [2.05, 4.69) is 9.97 Å². The van der Waals surface area contributed by atoms with Gasteiger partial charge in [-0.1, -0.05) is 29.8 Å². The molecule has 2 rings (SSSR count). The smallest absolute Gasteiger partial charge is 0.125 e. The summed E-state index contributed by atoms with van der Waals surface area (Å²) in [6, 6.07) is 8.86. The van der Waals surface area contributed by atoms with E-state index in [9.17, 15) is 5.11 Å². The minimum atomic E-state index is -0.810. The lowest BCUT2D eigenvalue weighted by Gasteiger charge is -2.12. The maximum atomic E-state index is 10.1. The van der Waals surface area contributed by atoms with Crippen molar-refractivity contribution in [3.63, 3.8) is 0 Å². The molecule has 0 aliphatic carbocycles. The Balaban J connectivity index is 2.39. The number of aliphatic hydroxyl groups is 1. The molecule has 0 spiro atoms. The SMILES string of the molecule is Cc1nccc(C(O)c2ccccc2Cl)n1. The lowest BCUT2D eigenvalue weighted by Crippen LogP contribution is -2.04. The topological polar surface area (TPSA) is 46.0 Å². The molecule has 0 bridgehead atoms. The Morgan fingerprint density at radius 1 is 1.25 bits per heavy atom. The highest BCUT2D eigenvalue weighted by Gasteiger charge is 2.14. The second-order valence-corrected chi connectivity index (χ2v) is 3.86. The van der Waals surface area contributed by atoms with Crippen molar-refractivity contribution in [1.82, 2.24) is 9.97 Å². The van der Waals surface area contributed by atoms with E-state index in [0.717, 1.165) is 0 Å². The Hall–Kier alpha value is -1.45. The largest absolute Gasteiger partial charge is 0.382 e. The first kappa shape index (κ1) is 11.0. The van der Waals surface area contributed by atoms with Crippen molar-refractivity contribution in [2.24, 2.45) is 0 Å². The third-order valence-corrected chi connectivity index (χ3v) is 2.62. The fraction of sp³-hybridized carbons (Fsp3) is 0.167. The predicted octanol–water partition coefficient (Wildman–Crippen LogP) is 2.52. The van der Waals surface area contributed by atoms with Gasteiger partial charge in [-0.2, -0.15) is 0 Å². The highest BCUT2D eigenvalue weighted by atomic mass is 35.5. The summed E-state index contributed by atoms with van der Waals surface area (Å²) in [7, 11) is 0.